The SMILES string of the molecule is Cc1cc(S(=O)n2cc(F)c(=NCc3ccccc3F)n(C)c2=O)c(C)cc1Cl. The summed E-state index contributed by atoms with van der Waals surface area (Å²) >= 11 is 6.06. The molecule has 0 spiro atoms. The van der Waals surface area contributed by atoms with Crippen LogP contribution in [-0.2, 0) is 24.6 Å². The van der Waals surface area contributed by atoms with Gasteiger partial charge in [-0.2, -0.15) is 0 Å². The van der Waals surface area contributed by atoms with Gasteiger partial charge in [-0.15, -0.1) is 0 Å². The van der Waals surface area contributed by atoms with Gasteiger partial charge < -0.3 is 0 Å². The molecule has 0 aliphatic rings. The molecule has 1 aromatic heterocycles. The van der Waals surface area contributed by atoms with E-state index >= 15 is 0 Å². The molecule has 1 unspecified atom stereocenters. The first-order valence-corrected chi connectivity index (χ1v) is 10.1. The predicted octanol–water partition coefficient (Wildman–Crippen LogP) is 3.41. The molecule has 0 fully saturated rings. The predicted molar refractivity (Wildman–Crippen MR) is 108 cm³/mol. The Kier molecular flexibility index (Phi) is 6.14. The third-order valence-corrected chi connectivity index (χ3v) is 6.26. The molecule has 0 bridgehead atoms. The van der Waals surface area contributed by atoms with E-state index in [1.807, 2.05) is 0 Å². The average Bonchev–Trinajstić information content (AvgIpc) is 2.68. The van der Waals surface area contributed by atoms with Crippen LogP contribution in [0.25, 0.3) is 0 Å². The van der Waals surface area contributed by atoms with Crippen LogP contribution in [0.1, 0.15) is 16.7 Å². The van der Waals surface area contributed by atoms with Gasteiger partial charge in [0.25, 0.3) is 0 Å². The Hall–Kier alpha value is -2.58. The zero-order chi connectivity index (χ0) is 21.3. The van der Waals surface area contributed by atoms with Gasteiger partial charge in [0.05, 0.1) is 17.6 Å². The molecular formula is C20H18ClF2N3O2S. The minimum Gasteiger partial charge on any atom is -0.278 e. The first-order chi connectivity index (χ1) is 13.7. The lowest BCUT2D eigenvalue weighted by molar-refractivity contribution is 0.545. The summed E-state index contributed by atoms with van der Waals surface area (Å²) in [4.78, 5) is 17.1. The molecule has 0 amide bonds. The minimum atomic E-state index is -1.98. The van der Waals surface area contributed by atoms with Gasteiger partial charge in [0, 0.05) is 17.6 Å². The fourth-order valence-corrected chi connectivity index (χ4v) is 4.24. The first-order valence-electron chi connectivity index (χ1n) is 8.61. The molecule has 0 radical (unpaired) electrons. The smallest absolute Gasteiger partial charge is 0.278 e. The molecule has 5 nitrogen and oxygen atoms in total. The largest absolute Gasteiger partial charge is 0.341 e. The Labute approximate surface area is 173 Å². The van der Waals surface area contributed by atoms with E-state index in [2.05, 4.69) is 4.99 Å². The van der Waals surface area contributed by atoms with Gasteiger partial charge in [0.15, 0.2) is 22.3 Å². The quantitative estimate of drug-likeness (QED) is 0.628. The van der Waals surface area contributed by atoms with E-state index in [0.717, 1.165) is 14.7 Å². The van der Waals surface area contributed by atoms with Crippen molar-refractivity contribution in [2.45, 2.75) is 25.3 Å². The minimum absolute atomic E-state index is 0.139. The normalized spacial score (nSPS) is 13.0. The van der Waals surface area contributed by atoms with E-state index in [1.165, 1.54) is 25.2 Å². The molecule has 1 atom stereocenters. The van der Waals surface area contributed by atoms with Gasteiger partial charge in [-0.25, -0.2) is 21.8 Å². The van der Waals surface area contributed by atoms with E-state index in [-0.39, 0.29) is 17.6 Å². The van der Waals surface area contributed by atoms with Crippen LogP contribution in [0.2, 0.25) is 5.02 Å². The highest BCUT2D eigenvalue weighted by Gasteiger charge is 2.17. The van der Waals surface area contributed by atoms with Crippen molar-refractivity contribution in [3.05, 3.63) is 91.9 Å². The Morgan fingerprint density at radius 3 is 2.48 bits per heavy atom. The lowest BCUT2D eigenvalue weighted by atomic mass is 10.2. The van der Waals surface area contributed by atoms with Gasteiger partial charge in [0.2, 0.25) is 0 Å². The fraction of sp³-hybridized carbons (Fsp3) is 0.200. The molecule has 0 N–H and O–H groups in total. The van der Waals surface area contributed by atoms with Crippen LogP contribution in [0.5, 0.6) is 0 Å². The van der Waals surface area contributed by atoms with E-state index < -0.39 is 28.3 Å². The summed E-state index contributed by atoms with van der Waals surface area (Å²) in [6, 6.07) is 9.23. The van der Waals surface area contributed by atoms with E-state index in [0.29, 0.717) is 21.0 Å². The maximum Gasteiger partial charge on any atom is 0.341 e. The van der Waals surface area contributed by atoms with Crippen molar-refractivity contribution in [2.75, 3.05) is 0 Å². The number of aromatic nitrogens is 2. The number of hydrogen-bond donors (Lipinski definition) is 0. The van der Waals surface area contributed by atoms with Gasteiger partial charge in [-0.05, 0) is 43.2 Å². The number of nitrogens with zero attached hydrogens (tertiary/aromatic N) is 3. The van der Waals surface area contributed by atoms with Crippen molar-refractivity contribution in [2.24, 2.45) is 12.0 Å². The zero-order valence-corrected chi connectivity index (χ0v) is 17.5. The second-order valence-electron chi connectivity index (χ2n) is 6.49. The number of aryl methyl sites for hydroxylation is 2. The second kappa shape index (κ2) is 8.42. The standard InChI is InChI=1S/C20H18ClF2N3O2S/c1-12-9-18(13(2)8-15(12)21)29(28)26-11-17(23)19(25(3)20(26)27)24-10-14-6-4-5-7-16(14)22/h4-9,11H,10H2,1-3H3. The van der Waals surface area contributed by atoms with Crippen molar-refractivity contribution in [1.82, 2.24) is 8.54 Å². The highest BCUT2D eigenvalue weighted by atomic mass is 35.5. The summed E-state index contributed by atoms with van der Waals surface area (Å²) in [5.74, 6) is -1.32. The second-order valence-corrected chi connectivity index (χ2v) is 8.23. The summed E-state index contributed by atoms with van der Waals surface area (Å²) in [6.07, 6.45) is 0.849. The summed E-state index contributed by atoms with van der Waals surface area (Å²) in [6.45, 7) is 3.31. The first kappa shape index (κ1) is 21.1. The molecule has 0 aliphatic carbocycles. The van der Waals surface area contributed by atoms with Crippen molar-refractivity contribution >= 4 is 22.6 Å². The third kappa shape index (κ3) is 4.23. The molecule has 29 heavy (non-hydrogen) atoms. The Balaban J connectivity index is 2.07. The van der Waals surface area contributed by atoms with Crippen molar-refractivity contribution in [3.8, 4) is 0 Å². The number of hydrogen-bond acceptors (Lipinski definition) is 3. The molecular weight excluding hydrogens is 420 g/mol. The monoisotopic (exact) mass is 437 g/mol. The molecule has 2 aromatic carbocycles. The number of halogens is 3. The summed E-state index contributed by atoms with van der Waals surface area (Å²) < 4.78 is 43.2. The lowest BCUT2D eigenvalue weighted by Crippen LogP contribution is -2.41. The van der Waals surface area contributed by atoms with Crippen molar-refractivity contribution < 1.29 is 13.0 Å². The molecule has 3 rings (SSSR count). The maximum absolute atomic E-state index is 14.7. The Bertz CT molecular complexity index is 1250. The molecule has 152 valence electrons. The molecule has 3 aromatic rings. The summed E-state index contributed by atoms with van der Waals surface area (Å²) in [7, 11) is -0.659. The molecule has 0 aliphatic heterocycles. The Morgan fingerprint density at radius 2 is 1.79 bits per heavy atom. The number of benzene rings is 2. The fourth-order valence-electron chi connectivity index (χ4n) is 2.75. The van der Waals surface area contributed by atoms with E-state index in [1.54, 1.807) is 32.0 Å². The van der Waals surface area contributed by atoms with Gasteiger partial charge in [0.1, 0.15) is 5.82 Å². The van der Waals surface area contributed by atoms with Gasteiger partial charge in [-0.3, -0.25) is 9.56 Å². The van der Waals surface area contributed by atoms with Gasteiger partial charge >= 0.3 is 5.69 Å². The highest BCUT2D eigenvalue weighted by Crippen LogP contribution is 2.23. The van der Waals surface area contributed by atoms with E-state index in [9.17, 15) is 17.8 Å². The Morgan fingerprint density at radius 1 is 1.10 bits per heavy atom. The lowest BCUT2D eigenvalue weighted by Gasteiger charge is -2.12. The summed E-state index contributed by atoms with van der Waals surface area (Å²) in [5, 5.41) is 0.509. The molecule has 9 heteroatoms. The van der Waals surface area contributed by atoms with Gasteiger partial charge in [-0.1, -0.05) is 29.8 Å². The van der Waals surface area contributed by atoms with Crippen LogP contribution >= 0.6 is 11.6 Å². The molecule has 0 saturated heterocycles. The summed E-state index contributed by atoms with van der Waals surface area (Å²) in [5.41, 5.74) is 0.601. The maximum atomic E-state index is 14.7. The van der Waals surface area contributed by atoms with Crippen molar-refractivity contribution in [3.63, 3.8) is 0 Å². The van der Waals surface area contributed by atoms with Crippen LogP contribution in [0.3, 0.4) is 0 Å². The van der Waals surface area contributed by atoms with Crippen LogP contribution in [0.15, 0.2) is 57.3 Å². The number of rotatable bonds is 4. The highest BCUT2D eigenvalue weighted by molar-refractivity contribution is 7.83. The van der Waals surface area contributed by atoms with Crippen LogP contribution in [0.4, 0.5) is 8.78 Å². The van der Waals surface area contributed by atoms with Crippen LogP contribution < -0.4 is 11.2 Å². The molecule has 0 saturated carbocycles. The molecule has 1 heterocycles. The average molecular weight is 438 g/mol. The van der Waals surface area contributed by atoms with Crippen LogP contribution in [-0.4, -0.2) is 12.7 Å². The van der Waals surface area contributed by atoms with Crippen molar-refractivity contribution in [1.29, 1.82) is 0 Å². The zero-order valence-electron chi connectivity index (χ0n) is 15.9. The van der Waals surface area contributed by atoms with E-state index in [4.69, 9.17) is 11.6 Å². The third-order valence-electron chi connectivity index (χ3n) is 4.42. The van der Waals surface area contributed by atoms with Crippen LogP contribution in [0, 0.1) is 25.5 Å². The topological polar surface area (TPSA) is 56.4 Å².